The summed E-state index contributed by atoms with van der Waals surface area (Å²) in [4.78, 5) is 2.10. The van der Waals surface area contributed by atoms with E-state index >= 15 is 0 Å². The summed E-state index contributed by atoms with van der Waals surface area (Å²) in [5.74, 6) is -0.170. The van der Waals surface area contributed by atoms with E-state index in [1.54, 1.807) is 17.4 Å². The fourth-order valence-corrected chi connectivity index (χ4v) is 3.58. The number of aryl methyl sites for hydroxylation is 1. The molecule has 0 bridgehead atoms. The first-order chi connectivity index (χ1) is 11.2. The van der Waals surface area contributed by atoms with E-state index in [9.17, 15) is 4.39 Å². The second-order valence-corrected chi connectivity index (χ2v) is 6.56. The molecular formula is C21H19FS. The standard InChI is InChI=1S/C21H19FS/c1-3-5-18-11-13-21(23-18)19-12-10-17(14-20(19)22)16-8-6-15(4-2)7-9-16/h3,5-14H,4H2,1-2H3. The summed E-state index contributed by atoms with van der Waals surface area (Å²) in [7, 11) is 0. The Kier molecular flexibility index (Phi) is 4.73. The van der Waals surface area contributed by atoms with E-state index in [1.807, 2.05) is 43.3 Å². The lowest BCUT2D eigenvalue weighted by molar-refractivity contribution is 0.632. The lowest BCUT2D eigenvalue weighted by Crippen LogP contribution is -1.86. The molecule has 0 atom stereocenters. The lowest BCUT2D eigenvalue weighted by atomic mass is 10.0. The summed E-state index contributed by atoms with van der Waals surface area (Å²) in [5.41, 5.74) is 3.92. The van der Waals surface area contributed by atoms with Crippen LogP contribution in [0.25, 0.3) is 27.6 Å². The molecule has 116 valence electrons. The molecule has 0 amide bonds. The molecule has 1 aromatic heterocycles. The average molecular weight is 322 g/mol. The zero-order valence-corrected chi connectivity index (χ0v) is 14.2. The van der Waals surface area contributed by atoms with E-state index in [4.69, 9.17) is 0 Å². The third-order valence-electron chi connectivity index (χ3n) is 3.89. The highest BCUT2D eigenvalue weighted by atomic mass is 32.1. The highest BCUT2D eigenvalue weighted by molar-refractivity contribution is 7.16. The van der Waals surface area contributed by atoms with Crippen LogP contribution in [0.2, 0.25) is 0 Å². The highest BCUT2D eigenvalue weighted by Gasteiger charge is 2.09. The Morgan fingerprint density at radius 3 is 2.35 bits per heavy atom. The van der Waals surface area contributed by atoms with Gasteiger partial charge in [0, 0.05) is 15.3 Å². The Balaban J connectivity index is 1.93. The van der Waals surface area contributed by atoms with Crippen molar-refractivity contribution in [2.45, 2.75) is 20.3 Å². The van der Waals surface area contributed by atoms with Gasteiger partial charge in [0.25, 0.3) is 0 Å². The fraction of sp³-hybridized carbons (Fsp3) is 0.143. The summed E-state index contributed by atoms with van der Waals surface area (Å²) in [6, 6.07) is 17.8. The Hall–Kier alpha value is -2.19. The van der Waals surface area contributed by atoms with Crippen molar-refractivity contribution in [1.82, 2.24) is 0 Å². The molecule has 2 aromatic carbocycles. The van der Waals surface area contributed by atoms with Crippen LogP contribution in [0.3, 0.4) is 0 Å². The van der Waals surface area contributed by atoms with Crippen molar-refractivity contribution in [2.75, 3.05) is 0 Å². The number of thiophene rings is 1. The molecule has 23 heavy (non-hydrogen) atoms. The lowest BCUT2D eigenvalue weighted by Gasteiger charge is -2.06. The fourth-order valence-electron chi connectivity index (χ4n) is 2.58. The minimum absolute atomic E-state index is 0.170. The van der Waals surface area contributed by atoms with E-state index in [1.165, 1.54) is 5.56 Å². The van der Waals surface area contributed by atoms with E-state index in [0.717, 1.165) is 27.3 Å². The summed E-state index contributed by atoms with van der Waals surface area (Å²) in [5, 5.41) is 0. The molecule has 0 saturated heterocycles. The third kappa shape index (κ3) is 3.43. The molecule has 0 saturated carbocycles. The molecule has 0 aliphatic rings. The monoisotopic (exact) mass is 322 g/mol. The first kappa shape index (κ1) is 15.7. The predicted octanol–water partition coefficient (Wildman–Crippen LogP) is 6.82. The number of halogens is 1. The number of benzene rings is 2. The predicted molar refractivity (Wildman–Crippen MR) is 99.2 cm³/mol. The topological polar surface area (TPSA) is 0 Å². The summed E-state index contributed by atoms with van der Waals surface area (Å²) >= 11 is 1.60. The maximum absolute atomic E-state index is 14.6. The Morgan fingerprint density at radius 1 is 0.957 bits per heavy atom. The summed E-state index contributed by atoms with van der Waals surface area (Å²) in [6.07, 6.45) is 5.05. The largest absolute Gasteiger partial charge is 0.206 e. The van der Waals surface area contributed by atoms with Gasteiger partial charge in [0.05, 0.1) is 0 Å². The van der Waals surface area contributed by atoms with Gasteiger partial charge in [0.15, 0.2) is 0 Å². The molecule has 1 heterocycles. The highest BCUT2D eigenvalue weighted by Crippen LogP contribution is 2.33. The van der Waals surface area contributed by atoms with Gasteiger partial charge in [-0.15, -0.1) is 11.3 Å². The minimum Gasteiger partial charge on any atom is -0.206 e. The SMILES string of the molecule is CC=Cc1ccc(-c2ccc(-c3ccc(CC)cc3)cc2F)s1. The molecule has 0 spiro atoms. The van der Waals surface area contributed by atoms with Crippen LogP contribution < -0.4 is 0 Å². The van der Waals surface area contributed by atoms with E-state index in [-0.39, 0.29) is 5.82 Å². The number of hydrogen-bond donors (Lipinski definition) is 0. The Labute approximate surface area is 140 Å². The first-order valence-electron chi connectivity index (χ1n) is 7.83. The van der Waals surface area contributed by atoms with Gasteiger partial charge in [0.2, 0.25) is 0 Å². The summed E-state index contributed by atoms with van der Waals surface area (Å²) < 4.78 is 14.6. The van der Waals surface area contributed by atoms with Crippen molar-refractivity contribution >= 4 is 17.4 Å². The average Bonchev–Trinajstić information content (AvgIpc) is 3.03. The Bertz CT molecular complexity index is 825. The quantitative estimate of drug-likeness (QED) is 0.494. The maximum atomic E-state index is 14.6. The molecule has 3 rings (SSSR count). The molecule has 3 aromatic rings. The van der Waals surface area contributed by atoms with E-state index in [0.29, 0.717) is 5.56 Å². The molecule has 0 N–H and O–H groups in total. The second-order valence-electron chi connectivity index (χ2n) is 5.45. The molecule has 0 unspecified atom stereocenters. The summed E-state index contributed by atoms with van der Waals surface area (Å²) in [6.45, 7) is 4.12. The molecule has 0 radical (unpaired) electrons. The molecule has 0 aliphatic carbocycles. The van der Waals surface area contributed by atoms with Crippen LogP contribution in [-0.2, 0) is 6.42 Å². The van der Waals surface area contributed by atoms with Gasteiger partial charge in [-0.1, -0.05) is 43.3 Å². The van der Waals surface area contributed by atoms with Crippen molar-refractivity contribution in [2.24, 2.45) is 0 Å². The smallest absolute Gasteiger partial charge is 0.132 e. The first-order valence-corrected chi connectivity index (χ1v) is 8.64. The van der Waals surface area contributed by atoms with Gasteiger partial charge >= 0.3 is 0 Å². The number of hydrogen-bond acceptors (Lipinski definition) is 1. The minimum atomic E-state index is -0.170. The van der Waals surface area contributed by atoms with Gasteiger partial charge in [0.1, 0.15) is 5.82 Å². The van der Waals surface area contributed by atoms with Crippen LogP contribution in [0.4, 0.5) is 4.39 Å². The second kappa shape index (κ2) is 6.93. The van der Waals surface area contributed by atoms with Crippen molar-refractivity contribution in [3.05, 3.63) is 76.9 Å². The maximum Gasteiger partial charge on any atom is 0.132 e. The molecule has 2 heteroatoms. The normalized spacial score (nSPS) is 11.3. The van der Waals surface area contributed by atoms with Crippen molar-refractivity contribution in [1.29, 1.82) is 0 Å². The van der Waals surface area contributed by atoms with Gasteiger partial charge in [-0.3, -0.25) is 0 Å². The Morgan fingerprint density at radius 2 is 1.70 bits per heavy atom. The zero-order chi connectivity index (χ0) is 16.2. The van der Waals surface area contributed by atoms with E-state index in [2.05, 4.69) is 31.2 Å². The number of rotatable bonds is 4. The van der Waals surface area contributed by atoms with Crippen LogP contribution in [0, 0.1) is 5.82 Å². The van der Waals surface area contributed by atoms with Gasteiger partial charge < -0.3 is 0 Å². The van der Waals surface area contributed by atoms with Crippen LogP contribution in [0.15, 0.2) is 60.7 Å². The van der Waals surface area contributed by atoms with Crippen LogP contribution in [-0.4, -0.2) is 0 Å². The van der Waals surface area contributed by atoms with Crippen molar-refractivity contribution in [3.8, 4) is 21.6 Å². The van der Waals surface area contributed by atoms with Gasteiger partial charge in [-0.25, -0.2) is 4.39 Å². The van der Waals surface area contributed by atoms with E-state index < -0.39 is 0 Å². The third-order valence-corrected chi connectivity index (χ3v) is 4.97. The zero-order valence-electron chi connectivity index (χ0n) is 13.3. The van der Waals surface area contributed by atoms with Crippen molar-refractivity contribution in [3.63, 3.8) is 0 Å². The van der Waals surface area contributed by atoms with Crippen molar-refractivity contribution < 1.29 is 4.39 Å². The van der Waals surface area contributed by atoms with Gasteiger partial charge in [-0.05, 0) is 60.4 Å². The molecule has 0 aliphatic heterocycles. The molecule has 0 fully saturated rings. The number of allylic oxidation sites excluding steroid dienone is 1. The van der Waals surface area contributed by atoms with Crippen LogP contribution >= 0.6 is 11.3 Å². The van der Waals surface area contributed by atoms with Crippen LogP contribution in [0.5, 0.6) is 0 Å². The molecule has 0 nitrogen and oxygen atoms in total. The van der Waals surface area contributed by atoms with Gasteiger partial charge in [-0.2, -0.15) is 0 Å². The van der Waals surface area contributed by atoms with Crippen LogP contribution in [0.1, 0.15) is 24.3 Å². The molecular weight excluding hydrogens is 303 g/mol.